The van der Waals surface area contributed by atoms with Gasteiger partial charge in [-0.3, -0.25) is 10.1 Å². The van der Waals surface area contributed by atoms with Crippen LogP contribution in [-0.4, -0.2) is 37.2 Å². The average molecular weight is 403 g/mol. The number of nitro benzene ring substituents is 1. The minimum atomic E-state index is -0.619. The molecular formula is C17H15ClN6O4. The van der Waals surface area contributed by atoms with Crippen LogP contribution < -0.4 is 5.32 Å². The largest absolute Gasteiger partial charge is 0.462 e. The van der Waals surface area contributed by atoms with Crippen molar-refractivity contribution in [2.24, 2.45) is 0 Å². The van der Waals surface area contributed by atoms with Crippen molar-refractivity contribution in [2.45, 2.75) is 13.8 Å². The number of rotatable bonds is 6. The van der Waals surface area contributed by atoms with E-state index in [1.165, 1.54) is 29.1 Å². The highest BCUT2D eigenvalue weighted by atomic mass is 35.5. The van der Waals surface area contributed by atoms with Crippen molar-refractivity contribution in [3.8, 4) is 5.95 Å². The first-order valence-electron chi connectivity index (χ1n) is 8.15. The molecule has 0 bridgehead atoms. The second-order valence-electron chi connectivity index (χ2n) is 5.66. The third-order valence-electron chi connectivity index (χ3n) is 3.60. The van der Waals surface area contributed by atoms with E-state index in [1.54, 1.807) is 19.3 Å². The summed E-state index contributed by atoms with van der Waals surface area (Å²) in [6, 6.07) is 3.92. The average Bonchev–Trinajstić information content (AvgIpc) is 3.09. The molecule has 0 saturated carbocycles. The fraction of sp³-hybridized carbons (Fsp3) is 0.176. The molecule has 1 N–H and O–H groups in total. The van der Waals surface area contributed by atoms with Crippen molar-refractivity contribution < 1.29 is 14.5 Å². The summed E-state index contributed by atoms with van der Waals surface area (Å²) in [5, 5.41) is 18.0. The molecule has 144 valence electrons. The van der Waals surface area contributed by atoms with Crippen molar-refractivity contribution in [1.29, 1.82) is 0 Å². The van der Waals surface area contributed by atoms with Gasteiger partial charge in [-0.25, -0.2) is 14.5 Å². The number of anilines is 2. The van der Waals surface area contributed by atoms with E-state index >= 15 is 0 Å². The number of aromatic nitrogens is 4. The van der Waals surface area contributed by atoms with Crippen LogP contribution in [0, 0.1) is 17.0 Å². The highest BCUT2D eigenvalue weighted by molar-refractivity contribution is 6.33. The third-order valence-corrected chi connectivity index (χ3v) is 3.92. The van der Waals surface area contributed by atoms with Crippen LogP contribution in [0.2, 0.25) is 5.02 Å². The zero-order valence-electron chi connectivity index (χ0n) is 14.9. The summed E-state index contributed by atoms with van der Waals surface area (Å²) in [6.45, 7) is 3.73. The van der Waals surface area contributed by atoms with Gasteiger partial charge in [0.05, 0.1) is 28.4 Å². The molecule has 11 heteroatoms. The van der Waals surface area contributed by atoms with Gasteiger partial charge in [0.2, 0.25) is 0 Å². The molecule has 28 heavy (non-hydrogen) atoms. The lowest BCUT2D eigenvalue weighted by Gasteiger charge is -2.12. The number of carbonyl (C=O) groups excluding carboxylic acids is 1. The first-order valence-corrected chi connectivity index (χ1v) is 8.53. The summed E-state index contributed by atoms with van der Waals surface area (Å²) in [5.41, 5.74) is 1.17. The predicted molar refractivity (Wildman–Crippen MR) is 101 cm³/mol. The van der Waals surface area contributed by atoms with Gasteiger partial charge in [0.25, 0.3) is 11.6 Å². The van der Waals surface area contributed by atoms with Gasteiger partial charge in [-0.15, -0.1) is 0 Å². The van der Waals surface area contributed by atoms with Crippen molar-refractivity contribution in [3.63, 3.8) is 0 Å². The number of hydrogen-bond acceptors (Lipinski definition) is 8. The summed E-state index contributed by atoms with van der Waals surface area (Å²) in [7, 11) is 0. The van der Waals surface area contributed by atoms with Crippen molar-refractivity contribution in [1.82, 2.24) is 19.7 Å². The number of halogens is 1. The monoisotopic (exact) mass is 402 g/mol. The molecule has 0 aliphatic carbocycles. The van der Waals surface area contributed by atoms with E-state index in [-0.39, 0.29) is 34.6 Å². The van der Waals surface area contributed by atoms with Crippen LogP contribution in [0.5, 0.6) is 0 Å². The van der Waals surface area contributed by atoms with Gasteiger partial charge in [-0.05, 0) is 25.5 Å². The van der Waals surface area contributed by atoms with Crippen LogP contribution >= 0.6 is 11.6 Å². The smallest absolute Gasteiger partial charge is 0.343 e. The second-order valence-corrected chi connectivity index (χ2v) is 6.07. The van der Waals surface area contributed by atoms with E-state index in [0.717, 1.165) is 5.56 Å². The summed E-state index contributed by atoms with van der Waals surface area (Å²) in [5.74, 6) is -0.264. The van der Waals surface area contributed by atoms with Gasteiger partial charge >= 0.3 is 5.97 Å². The van der Waals surface area contributed by atoms with Crippen LogP contribution in [0.1, 0.15) is 22.8 Å². The van der Waals surface area contributed by atoms with Gasteiger partial charge in [-0.1, -0.05) is 11.6 Å². The molecule has 0 spiro atoms. The molecule has 0 unspecified atom stereocenters. The number of benzene rings is 1. The van der Waals surface area contributed by atoms with Crippen LogP contribution in [0.25, 0.3) is 5.95 Å². The lowest BCUT2D eigenvalue weighted by Crippen LogP contribution is -2.13. The number of esters is 1. The normalized spacial score (nSPS) is 10.5. The molecule has 3 rings (SSSR count). The quantitative estimate of drug-likeness (QED) is 0.377. The van der Waals surface area contributed by atoms with E-state index in [2.05, 4.69) is 20.4 Å². The Hall–Kier alpha value is -3.53. The Kier molecular flexibility index (Phi) is 5.50. The number of ether oxygens (including phenoxy) is 1. The number of nitrogens with zero attached hydrogens (tertiary/aromatic N) is 5. The Bertz CT molecular complexity index is 1050. The van der Waals surface area contributed by atoms with E-state index < -0.39 is 10.9 Å². The van der Waals surface area contributed by atoms with Gasteiger partial charge in [0.1, 0.15) is 5.56 Å². The van der Waals surface area contributed by atoms with Gasteiger partial charge in [0.15, 0.2) is 5.82 Å². The van der Waals surface area contributed by atoms with Crippen LogP contribution in [-0.2, 0) is 4.74 Å². The number of carbonyl (C=O) groups is 1. The Morgan fingerprint density at radius 2 is 2.18 bits per heavy atom. The number of aryl methyl sites for hydroxylation is 1. The SMILES string of the molecule is CCOC(=O)c1cnc(-n2cc(C)cn2)nc1Nc1ccc([N+](=O)[O-])cc1Cl. The molecule has 0 fully saturated rings. The maximum Gasteiger partial charge on any atom is 0.343 e. The molecule has 3 aromatic rings. The zero-order valence-corrected chi connectivity index (χ0v) is 15.7. The molecule has 2 aromatic heterocycles. The molecule has 2 heterocycles. The molecular weight excluding hydrogens is 388 g/mol. The number of nitrogens with one attached hydrogen (secondary N) is 1. The van der Waals surface area contributed by atoms with Gasteiger partial charge in [-0.2, -0.15) is 10.1 Å². The Balaban J connectivity index is 2.03. The van der Waals surface area contributed by atoms with Crippen LogP contribution in [0.3, 0.4) is 0 Å². The Morgan fingerprint density at radius 1 is 1.39 bits per heavy atom. The topological polar surface area (TPSA) is 125 Å². The highest BCUT2D eigenvalue weighted by Crippen LogP contribution is 2.30. The lowest BCUT2D eigenvalue weighted by atomic mass is 10.2. The first kappa shape index (κ1) is 19.2. The number of hydrogen-bond donors (Lipinski definition) is 1. The fourth-order valence-corrected chi connectivity index (χ4v) is 2.53. The second kappa shape index (κ2) is 8.01. The van der Waals surface area contributed by atoms with Crippen molar-refractivity contribution in [3.05, 3.63) is 63.1 Å². The van der Waals surface area contributed by atoms with E-state index in [0.29, 0.717) is 5.69 Å². The highest BCUT2D eigenvalue weighted by Gasteiger charge is 2.19. The summed E-state index contributed by atoms with van der Waals surface area (Å²) in [4.78, 5) is 31.1. The maximum absolute atomic E-state index is 12.2. The molecule has 0 saturated heterocycles. The minimum absolute atomic E-state index is 0.0869. The summed E-state index contributed by atoms with van der Waals surface area (Å²) < 4.78 is 6.48. The number of non-ortho nitro benzene ring substituents is 1. The van der Waals surface area contributed by atoms with E-state index in [4.69, 9.17) is 16.3 Å². The molecule has 0 aliphatic heterocycles. The Labute approximate surface area is 164 Å². The standard InChI is InChI=1S/C17H15ClN6O4/c1-3-28-16(25)12-8-19-17(23-9-10(2)7-20-23)22-15(12)21-14-5-4-11(24(26)27)6-13(14)18/h4-9H,3H2,1-2H3,(H,19,21,22). The predicted octanol–water partition coefficient (Wildman–Crippen LogP) is 3.45. The van der Waals surface area contributed by atoms with Gasteiger partial charge < -0.3 is 10.1 Å². The molecule has 1 aromatic carbocycles. The van der Waals surface area contributed by atoms with E-state index in [9.17, 15) is 14.9 Å². The summed E-state index contributed by atoms with van der Waals surface area (Å²) >= 11 is 6.13. The fourth-order valence-electron chi connectivity index (χ4n) is 2.31. The zero-order chi connectivity index (χ0) is 20.3. The van der Waals surface area contributed by atoms with Gasteiger partial charge in [0, 0.05) is 24.5 Å². The minimum Gasteiger partial charge on any atom is -0.462 e. The Morgan fingerprint density at radius 3 is 2.79 bits per heavy atom. The lowest BCUT2D eigenvalue weighted by molar-refractivity contribution is -0.384. The maximum atomic E-state index is 12.2. The summed E-state index contributed by atoms with van der Waals surface area (Å²) in [6.07, 6.45) is 4.68. The molecule has 0 aliphatic rings. The van der Waals surface area contributed by atoms with E-state index in [1.807, 2.05) is 6.92 Å². The number of nitro groups is 1. The third kappa shape index (κ3) is 4.07. The molecule has 10 nitrogen and oxygen atoms in total. The van der Waals surface area contributed by atoms with Crippen LogP contribution in [0.15, 0.2) is 36.8 Å². The first-order chi connectivity index (χ1) is 13.4. The van der Waals surface area contributed by atoms with Crippen LogP contribution in [0.4, 0.5) is 17.2 Å². The van der Waals surface area contributed by atoms with Crippen molar-refractivity contribution in [2.75, 3.05) is 11.9 Å². The molecule has 0 atom stereocenters. The van der Waals surface area contributed by atoms with Crippen molar-refractivity contribution >= 4 is 34.8 Å². The molecule has 0 amide bonds. The molecule has 0 radical (unpaired) electrons.